The van der Waals surface area contributed by atoms with Crippen LogP contribution in [-0.2, 0) is 0 Å². The van der Waals surface area contributed by atoms with E-state index in [0.717, 1.165) is 54.6 Å². The number of hydrazine groups is 1. The number of non-ortho nitro benzene ring substituents is 1. The Balaban J connectivity index is 1.77. The average molecular weight is 492 g/mol. The molecule has 0 fully saturated rings. The van der Waals surface area contributed by atoms with Gasteiger partial charge in [-0.25, -0.2) is 9.40 Å². The number of carbonyl (C=O) groups excluding carboxylic acids is 4. The molecule has 1 aliphatic heterocycles. The molecule has 1 aliphatic rings. The van der Waals surface area contributed by atoms with Gasteiger partial charge in [0, 0.05) is 29.3 Å². The lowest BCUT2D eigenvalue weighted by Crippen LogP contribution is -2.51. The van der Waals surface area contributed by atoms with Crippen molar-refractivity contribution < 1.29 is 33.4 Å². The van der Waals surface area contributed by atoms with E-state index < -0.39 is 57.0 Å². The van der Waals surface area contributed by atoms with Crippen molar-refractivity contribution in [1.29, 1.82) is 0 Å². The number of ketones is 1. The molecule has 4 rings (SSSR count). The van der Waals surface area contributed by atoms with Crippen LogP contribution in [0.4, 0.5) is 15.8 Å². The molecule has 0 saturated heterocycles. The first-order valence-electron chi connectivity index (χ1n) is 10.1. The van der Waals surface area contributed by atoms with Gasteiger partial charge in [0.15, 0.2) is 5.78 Å². The van der Waals surface area contributed by atoms with E-state index in [9.17, 15) is 43.8 Å². The van der Waals surface area contributed by atoms with Crippen LogP contribution in [0.1, 0.15) is 41.4 Å². The topological polar surface area (TPSA) is 161 Å². The van der Waals surface area contributed by atoms with Crippen LogP contribution in [0, 0.1) is 26.0 Å². The molecule has 0 atom stereocenters. The van der Waals surface area contributed by atoms with E-state index in [1.165, 1.54) is 12.1 Å². The number of nitrogens with zero attached hydrogens (tertiary/aromatic N) is 4. The summed E-state index contributed by atoms with van der Waals surface area (Å²) in [6.07, 6.45) is 0. The Labute approximate surface area is 200 Å². The molecule has 0 spiro atoms. The molecule has 3 aromatic rings. The summed E-state index contributed by atoms with van der Waals surface area (Å²) < 4.78 is 13.3. The van der Waals surface area contributed by atoms with Crippen LogP contribution in [0.2, 0.25) is 0 Å². The molecule has 3 amide bonds. The van der Waals surface area contributed by atoms with Crippen molar-refractivity contribution >= 4 is 34.9 Å². The van der Waals surface area contributed by atoms with Gasteiger partial charge >= 0.3 is 0 Å². The fraction of sp³-hybridized carbons (Fsp3) is 0.0435. The van der Waals surface area contributed by atoms with Crippen LogP contribution in [0.3, 0.4) is 0 Å². The minimum Gasteiger partial charge on any atom is -0.292 e. The van der Waals surface area contributed by atoms with E-state index >= 15 is 0 Å². The van der Waals surface area contributed by atoms with Gasteiger partial charge in [-0.2, -0.15) is 5.01 Å². The van der Waals surface area contributed by atoms with Gasteiger partial charge in [-0.1, -0.05) is 6.07 Å². The number of rotatable bonds is 7. The average Bonchev–Trinajstić information content (AvgIpc) is 3.12. The Morgan fingerprint density at radius 1 is 0.833 bits per heavy atom. The molecule has 0 aromatic heterocycles. The second kappa shape index (κ2) is 9.13. The number of halogens is 1. The zero-order valence-corrected chi connectivity index (χ0v) is 18.0. The van der Waals surface area contributed by atoms with Crippen molar-refractivity contribution in [3.05, 3.63) is 115 Å². The SMILES string of the molecule is O=C(CN(C(=O)c1ccc([N+](=O)[O-])cc1)N1C(=O)c2cccc([N+](=O)[O-])c2C1=O)c1ccc(F)cc1. The highest BCUT2D eigenvalue weighted by atomic mass is 19.1. The van der Waals surface area contributed by atoms with Crippen LogP contribution >= 0.6 is 0 Å². The van der Waals surface area contributed by atoms with E-state index in [4.69, 9.17) is 0 Å². The number of fused-ring (bicyclic) bond motifs is 1. The third kappa shape index (κ3) is 4.16. The summed E-state index contributed by atoms with van der Waals surface area (Å²) in [4.78, 5) is 73.3. The van der Waals surface area contributed by atoms with Gasteiger partial charge in [-0.05, 0) is 42.5 Å². The lowest BCUT2D eigenvalue weighted by molar-refractivity contribution is -0.385. The Morgan fingerprint density at radius 2 is 1.44 bits per heavy atom. The normalized spacial score (nSPS) is 12.3. The van der Waals surface area contributed by atoms with Gasteiger partial charge in [0.2, 0.25) is 0 Å². The van der Waals surface area contributed by atoms with Crippen molar-refractivity contribution in [2.24, 2.45) is 0 Å². The van der Waals surface area contributed by atoms with Crippen molar-refractivity contribution in [3.8, 4) is 0 Å². The quantitative estimate of drug-likeness (QED) is 0.210. The van der Waals surface area contributed by atoms with E-state index in [-0.39, 0.29) is 22.4 Å². The summed E-state index contributed by atoms with van der Waals surface area (Å²) in [5, 5.41) is 23.2. The lowest BCUT2D eigenvalue weighted by Gasteiger charge is -2.29. The molecule has 36 heavy (non-hydrogen) atoms. The van der Waals surface area contributed by atoms with E-state index in [2.05, 4.69) is 0 Å². The molecule has 1 heterocycles. The molecule has 180 valence electrons. The molecular weight excluding hydrogens is 479 g/mol. The maximum absolute atomic E-state index is 13.4. The molecule has 0 bridgehead atoms. The number of Topliss-reactive ketones (excluding diaryl/α,β-unsaturated/α-hetero) is 1. The van der Waals surface area contributed by atoms with Gasteiger partial charge < -0.3 is 0 Å². The minimum absolute atomic E-state index is 0.0412. The van der Waals surface area contributed by atoms with Crippen LogP contribution in [-0.4, -0.2) is 49.9 Å². The molecule has 3 aromatic carbocycles. The van der Waals surface area contributed by atoms with Gasteiger partial charge in [0.05, 0.1) is 15.4 Å². The van der Waals surface area contributed by atoms with Crippen LogP contribution in [0.25, 0.3) is 0 Å². The summed E-state index contributed by atoms with van der Waals surface area (Å²) >= 11 is 0. The Bertz CT molecular complexity index is 1450. The molecule has 0 unspecified atom stereocenters. The Kier molecular flexibility index (Phi) is 6.04. The van der Waals surface area contributed by atoms with Gasteiger partial charge in [-0.15, -0.1) is 0 Å². The highest BCUT2D eigenvalue weighted by Crippen LogP contribution is 2.32. The van der Waals surface area contributed by atoms with Crippen LogP contribution < -0.4 is 0 Å². The summed E-state index contributed by atoms with van der Waals surface area (Å²) in [7, 11) is 0. The second-order valence-electron chi connectivity index (χ2n) is 7.48. The highest BCUT2D eigenvalue weighted by molar-refractivity contribution is 6.24. The summed E-state index contributed by atoms with van der Waals surface area (Å²) in [5.41, 5.74) is -2.15. The lowest BCUT2D eigenvalue weighted by atomic mass is 10.1. The molecule has 12 nitrogen and oxygen atoms in total. The highest BCUT2D eigenvalue weighted by Gasteiger charge is 2.46. The first kappa shape index (κ1) is 23.8. The Hall–Kier alpha value is -5.33. The Morgan fingerprint density at radius 3 is 2.03 bits per heavy atom. The van der Waals surface area contributed by atoms with Crippen molar-refractivity contribution in [1.82, 2.24) is 10.0 Å². The number of imide groups is 1. The first-order chi connectivity index (χ1) is 17.1. The largest absolute Gasteiger partial charge is 0.292 e. The van der Waals surface area contributed by atoms with Crippen molar-refractivity contribution in [2.75, 3.05) is 6.54 Å². The number of hydrogen-bond donors (Lipinski definition) is 0. The zero-order valence-electron chi connectivity index (χ0n) is 18.0. The predicted molar refractivity (Wildman–Crippen MR) is 118 cm³/mol. The number of nitro benzene ring substituents is 2. The first-order valence-corrected chi connectivity index (χ1v) is 10.1. The second-order valence-corrected chi connectivity index (χ2v) is 7.48. The molecular formula is C23H13FN4O8. The number of hydrogen-bond acceptors (Lipinski definition) is 8. The minimum atomic E-state index is -1.20. The number of nitro groups is 2. The monoisotopic (exact) mass is 492 g/mol. The standard InChI is InChI=1S/C23H13FN4O8/c24-15-8-4-13(5-9-15)19(29)12-25(21(30)14-6-10-16(11-7-14)27(33)34)26-22(31)17-2-1-3-18(28(35)36)20(17)23(26)32/h1-11H,12H2. The molecule has 13 heteroatoms. The zero-order chi connectivity index (χ0) is 26.1. The maximum Gasteiger partial charge on any atom is 0.287 e. The summed E-state index contributed by atoms with van der Waals surface area (Å²) in [6, 6.07) is 11.8. The van der Waals surface area contributed by atoms with Gasteiger partial charge in [-0.3, -0.25) is 39.4 Å². The predicted octanol–water partition coefficient (Wildman–Crippen LogP) is 3.18. The smallest absolute Gasteiger partial charge is 0.287 e. The van der Waals surface area contributed by atoms with Gasteiger partial charge in [0.25, 0.3) is 29.1 Å². The number of carbonyl (C=O) groups is 4. The van der Waals surface area contributed by atoms with Gasteiger partial charge in [0.1, 0.15) is 17.9 Å². The van der Waals surface area contributed by atoms with Crippen molar-refractivity contribution in [2.45, 2.75) is 0 Å². The molecule has 0 N–H and O–H groups in total. The molecule has 0 saturated carbocycles. The molecule has 0 radical (unpaired) electrons. The number of benzene rings is 3. The third-order valence-corrected chi connectivity index (χ3v) is 5.33. The van der Waals surface area contributed by atoms with E-state index in [1.54, 1.807) is 0 Å². The fourth-order valence-electron chi connectivity index (χ4n) is 3.60. The summed E-state index contributed by atoms with van der Waals surface area (Å²) in [5.74, 6) is -4.75. The number of amides is 3. The van der Waals surface area contributed by atoms with Crippen LogP contribution in [0.5, 0.6) is 0 Å². The van der Waals surface area contributed by atoms with E-state index in [1.807, 2.05) is 0 Å². The van der Waals surface area contributed by atoms with E-state index in [0.29, 0.717) is 10.0 Å². The molecule has 0 aliphatic carbocycles. The maximum atomic E-state index is 13.4. The van der Waals surface area contributed by atoms with Crippen molar-refractivity contribution in [3.63, 3.8) is 0 Å². The van der Waals surface area contributed by atoms with Crippen LogP contribution in [0.15, 0.2) is 66.7 Å². The summed E-state index contributed by atoms with van der Waals surface area (Å²) in [6.45, 7) is -0.874. The fourth-order valence-corrected chi connectivity index (χ4v) is 3.60. The third-order valence-electron chi connectivity index (χ3n) is 5.33.